The van der Waals surface area contributed by atoms with E-state index in [1.54, 1.807) is 50.2 Å². The Morgan fingerprint density at radius 2 is 1.88 bits per heavy atom. The van der Waals surface area contributed by atoms with Gasteiger partial charge in [0.1, 0.15) is 18.0 Å². The van der Waals surface area contributed by atoms with Gasteiger partial charge in [-0.05, 0) is 44.2 Å². The minimum atomic E-state index is -0.483. The van der Waals surface area contributed by atoms with Gasteiger partial charge in [-0.3, -0.25) is 9.59 Å². The molecule has 5 nitrogen and oxygen atoms in total. The van der Waals surface area contributed by atoms with Gasteiger partial charge in [0.2, 0.25) is 0 Å². The molecule has 0 radical (unpaired) electrons. The predicted octanol–water partition coefficient (Wildman–Crippen LogP) is 3.92. The van der Waals surface area contributed by atoms with E-state index in [2.05, 4.69) is 21.2 Å². The summed E-state index contributed by atoms with van der Waals surface area (Å²) in [4.78, 5) is 23.8. The molecule has 2 aromatic carbocycles. The third-order valence-electron chi connectivity index (χ3n) is 2.92. The Kier molecular flexibility index (Phi) is 6.37. The van der Waals surface area contributed by atoms with Crippen molar-refractivity contribution < 1.29 is 19.1 Å². The Morgan fingerprint density at radius 1 is 1.12 bits per heavy atom. The summed E-state index contributed by atoms with van der Waals surface area (Å²) in [5.74, 6) is 0.124. The van der Waals surface area contributed by atoms with Gasteiger partial charge in [0.05, 0.1) is 11.7 Å². The Labute approximate surface area is 149 Å². The molecule has 2 rings (SSSR count). The van der Waals surface area contributed by atoms with Crippen molar-refractivity contribution in [1.82, 2.24) is 5.32 Å². The smallest absolute Gasteiger partial charge is 0.325 e. The van der Waals surface area contributed by atoms with Crippen molar-refractivity contribution in [3.8, 4) is 11.5 Å². The fourth-order valence-corrected chi connectivity index (χ4v) is 2.33. The van der Waals surface area contributed by atoms with Crippen molar-refractivity contribution in [2.24, 2.45) is 0 Å². The predicted molar refractivity (Wildman–Crippen MR) is 94.2 cm³/mol. The highest BCUT2D eigenvalue weighted by Gasteiger charge is 2.15. The summed E-state index contributed by atoms with van der Waals surface area (Å²) in [5.41, 5.74) is 0.342. The molecule has 0 aliphatic carbocycles. The van der Waals surface area contributed by atoms with Gasteiger partial charge < -0.3 is 14.8 Å². The molecule has 2 aromatic rings. The van der Waals surface area contributed by atoms with Crippen LogP contribution in [0.15, 0.2) is 53.0 Å². The maximum atomic E-state index is 12.3. The number of halogens is 1. The fraction of sp³-hybridized carbons (Fsp3) is 0.222. The summed E-state index contributed by atoms with van der Waals surface area (Å²) in [6.45, 7) is 3.31. The van der Waals surface area contributed by atoms with Crippen molar-refractivity contribution >= 4 is 27.8 Å². The molecule has 126 valence electrons. The number of para-hydroxylation sites is 1. The van der Waals surface area contributed by atoms with E-state index < -0.39 is 11.9 Å². The van der Waals surface area contributed by atoms with Crippen LogP contribution in [0, 0.1) is 0 Å². The molecule has 0 saturated heterocycles. The SMILES string of the molecule is CC(C)OC(=O)CNC(=O)c1ccccc1Oc1cccc(Br)c1. The molecule has 1 N–H and O–H groups in total. The molecule has 0 unspecified atom stereocenters. The van der Waals surface area contributed by atoms with E-state index in [4.69, 9.17) is 9.47 Å². The summed E-state index contributed by atoms with van der Waals surface area (Å²) < 4.78 is 11.6. The molecule has 0 fully saturated rings. The Balaban J connectivity index is 2.07. The monoisotopic (exact) mass is 391 g/mol. The van der Waals surface area contributed by atoms with Gasteiger partial charge in [-0.1, -0.05) is 34.1 Å². The lowest BCUT2D eigenvalue weighted by Gasteiger charge is -2.12. The van der Waals surface area contributed by atoms with E-state index in [1.165, 1.54) is 0 Å². The highest BCUT2D eigenvalue weighted by molar-refractivity contribution is 9.10. The molecule has 6 heteroatoms. The lowest BCUT2D eigenvalue weighted by Crippen LogP contribution is -2.31. The van der Waals surface area contributed by atoms with Crippen molar-refractivity contribution in [2.45, 2.75) is 20.0 Å². The first kappa shape index (κ1) is 18.0. The molecule has 1 amide bonds. The first-order valence-electron chi connectivity index (χ1n) is 7.46. The van der Waals surface area contributed by atoms with Crippen LogP contribution in [0.5, 0.6) is 11.5 Å². The van der Waals surface area contributed by atoms with E-state index in [9.17, 15) is 9.59 Å². The van der Waals surface area contributed by atoms with Crippen LogP contribution in [0.4, 0.5) is 0 Å². The molecular formula is C18H18BrNO4. The Morgan fingerprint density at radius 3 is 2.58 bits per heavy atom. The fourth-order valence-electron chi connectivity index (χ4n) is 1.95. The van der Waals surface area contributed by atoms with E-state index in [0.29, 0.717) is 17.1 Å². The van der Waals surface area contributed by atoms with Crippen LogP contribution in [-0.4, -0.2) is 24.5 Å². The largest absolute Gasteiger partial charge is 0.462 e. The minimum absolute atomic E-state index is 0.192. The third-order valence-corrected chi connectivity index (χ3v) is 3.41. The van der Waals surface area contributed by atoms with Crippen LogP contribution in [0.3, 0.4) is 0 Å². The summed E-state index contributed by atoms with van der Waals surface area (Å²) >= 11 is 3.37. The van der Waals surface area contributed by atoms with E-state index >= 15 is 0 Å². The number of hydrogen-bond donors (Lipinski definition) is 1. The molecule has 0 aromatic heterocycles. The minimum Gasteiger partial charge on any atom is -0.462 e. The Hall–Kier alpha value is -2.34. The lowest BCUT2D eigenvalue weighted by molar-refractivity contribution is -0.146. The van der Waals surface area contributed by atoms with Crippen LogP contribution < -0.4 is 10.1 Å². The molecular weight excluding hydrogens is 374 g/mol. The molecule has 0 saturated carbocycles. The van der Waals surface area contributed by atoms with E-state index in [-0.39, 0.29) is 12.6 Å². The van der Waals surface area contributed by atoms with Crippen molar-refractivity contribution in [3.63, 3.8) is 0 Å². The van der Waals surface area contributed by atoms with Gasteiger partial charge in [-0.15, -0.1) is 0 Å². The number of benzene rings is 2. The number of esters is 1. The van der Waals surface area contributed by atoms with E-state index in [1.807, 2.05) is 12.1 Å². The van der Waals surface area contributed by atoms with Crippen LogP contribution in [0.2, 0.25) is 0 Å². The van der Waals surface area contributed by atoms with Crippen molar-refractivity contribution in [3.05, 3.63) is 58.6 Å². The number of carbonyl (C=O) groups is 2. The average Bonchev–Trinajstić information content (AvgIpc) is 2.52. The highest BCUT2D eigenvalue weighted by Crippen LogP contribution is 2.27. The third kappa shape index (κ3) is 5.38. The molecule has 0 aliphatic rings. The quantitative estimate of drug-likeness (QED) is 0.757. The van der Waals surface area contributed by atoms with Gasteiger partial charge in [-0.2, -0.15) is 0 Å². The number of rotatable bonds is 6. The zero-order valence-electron chi connectivity index (χ0n) is 13.4. The standard InChI is InChI=1S/C18H18BrNO4/c1-12(2)23-17(21)11-20-18(22)15-8-3-4-9-16(15)24-14-7-5-6-13(19)10-14/h3-10,12H,11H2,1-2H3,(H,20,22). The summed E-state index contributed by atoms with van der Waals surface area (Å²) in [7, 11) is 0. The molecule has 0 spiro atoms. The second kappa shape index (κ2) is 8.49. The molecule has 0 bridgehead atoms. The molecule has 24 heavy (non-hydrogen) atoms. The summed E-state index contributed by atoms with van der Waals surface area (Å²) in [5, 5.41) is 2.54. The first-order chi connectivity index (χ1) is 11.5. The van der Waals surface area contributed by atoms with Gasteiger partial charge in [0.15, 0.2) is 0 Å². The van der Waals surface area contributed by atoms with Gasteiger partial charge in [-0.25, -0.2) is 0 Å². The van der Waals surface area contributed by atoms with Gasteiger partial charge in [0, 0.05) is 4.47 Å². The molecule has 0 heterocycles. The van der Waals surface area contributed by atoms with E-state index in [0.717, 1.165) is 4.47 Å². The number of amides is 1. The number of hydrogen-bond acceptors (Lipinski definition) is 4. The highest BCUT2D eigenvalue weighted by atomic mass is 79.9. The second-order valence-electron chi connectivity index (χ2n) is 5.28. The number of ether oxygens (including phenoxy) is 2. The van der Waals surface area contributed by atoms with Crippen molar-refractivity contribution in [1.29, 1.82) is 0 Å². The van der Waals surface area contributed by atoms with Crippen molar-refractivity contribution in [2.75, 3.05) is 6.54 Å². The maximum Gasteiger partial charge on any atom is 0.325 e. The first-order valence-corrected chi connectivity index (χ1v) is 8.25. The molecule has 0 atom stereocenters. The lowest BCUT2D eigenvalue weighted by atomic mass is 10.2. The van der Waals surface area contributed by atoms with Crippen LogP contribution >= 0.6 is 15.9 Å². The number of nitrogens with one attached hydrogen (secondary N) is 1. The zero-order valence-corrected chi connectivity index (χ0v) is 15.0. The second-order valence-corrected chi connectivity index (χ2v) is 6.19. The molecule has 0 aliphatic heterocycles. The van der Waals surface area contributed by atoms with Crippen LogP contribution in [0.25, 0.3) is 0 Å². The average molecular weight is 392 g/mol. The topological polar surface area (TPSA) is 64.6 Å². The number of carbonyl (C=O) groups excluding carboxylic acids is 2. The van der Waals surface area contributed by atoms with Crippen LogP contribution in [0.1, 0.15) is 24.2 Å². The zero-order chi connectivity index (χ0) is 17.5. The Bertz CT molecular complexity index is 730. The maximum absolute atomic E-state index is 12.3. The normalized spacial score (nSPS) is 10.3. The summed E-state index contributed by atoms with van der Waals surface area (Å²) in [6, 6.07) is 14.1. The summed E-state index contributed by atoms with van der Waals surface area (Å²) in [6.07, 6.45) is -0.221. The van der Waals surface area contributed by atoms with Gasteiger partial charge in [0.25, 0.3) is 5.91 Å². The van der Waals surface area contributed by atoms with Gasteiger partial charge >= 0.3 is 5.97 Å². The van der Waals surface area contributed by atoms with Crippen LogP contribution in [-0.2, 0) is 9.53 Å².